The van der Waals surface area contributed by atoms with Crippen LogP contribution in [-0.2, 0) is 28.7 Å². The minimum Gasteiger partial charge on any atom is -0.465 e. The second-order valence-corrected chi connectivity index (χ2v) is 8.08. The summed E-state index contributed by atoms with van der Waals surface area (Å²) in [5.74, 6) is -2.32. The second-order valence-electron chi connectivity index (χ2n) is 4.79. The minimum absolute atomic E-state index is 0.0861. The van der Waals surface area contributed by atoms with Crippen molar-refractivity contribution < 1.29 is 28.7 Å². The lowest BCUT2D eigenvalue weighted by molar-refractivity contribution is -0.146. The average molecular weight is 435 g/mol. The van der Waals surface area contributed by atoms with Gasteiger partial charge in [0.1, 0.15) is 21.7 Å². The Labute approximate surface area is 168 Å². The number of ether oxygens (including phenoxy) is 2. The van der Waals surface area contributed by atoms with Crippen LogP contribution in [0.3, 0.4) is 0 Å². The van der Waals surface area contributed by atoms with Crippen LogP contribution in [0.15, 0.2) is 9.81 Å². The first kappa shape index (κ1) is 20.8. The van der Waals surface area contributed by atoms with Gasteiger partial charge in [0.05, 0.1) is 23.0 Å². The number of amides is 2. The van der Waals surface area contributed by atoms with E-state index in [2.05, 4.69) is 0 Å². The number of carbonyl (C=O) groups excluding carboxylic acids is 4. The molecule has 140 valence electrons. The average Bonchev–Trinajstić information content (AvgIpc) is 3.00. The number of hydrogen-bond acceptors (Lipinski definition) is 10. The maximum absolute atomic E-state index is 12.6. The molecule has 26 heavy (non-hydrogen) atoms. The van der Waals surface area contributed by atoms with Crippen LogP contribution in [0.4, 0.5) is 0 Å². The number of esters is 2. The van der Waals surface area contributed by atoms with Crippen molar-refractivity contribution in [1.29, 1.82) is 0 Å². The van der Waals surface area contributed by atoms with Crippen LogP contribution in [0.5, 0.6) is 0 Å². The van der Waals surface area contributed by atoms with E-state index < -0.39 is 23.8 Å². The molecule has 2 aliphatic rings. The Morgan fingerprint density at radius 2 is 1.19 bits per heavy atom. The Morgan fingerprint density at radius 1 is 0.846 bits per heavy atom. The molecule has 8 nitrogen and oxygen atoms in total. The molecule has 0 saturated carbocycles. The van der Waals surface area contributed by atoms with Gasteiger partial charge in [0, 0.05) is 0 Å². The molecule has 0 aromatic carbocycles. The highest BCUT2D eigenvalue weighted by atomic mass is 32.2. The first-order valence-electron chi connectivity index (χ1n) is 7.43. The summed E-state index contributed by atoms with van der Waals surface area (Å²) in [6.07, 6.45) is 0. The van der Waals surface area contributed by atoms with Crippen LogP contribution in [-0.4, -0.2) is 68.5 Å². The van der Waals surface area contributed by atoms with E-state index in [4.69, 9.17) is 33.9 Å². The van der Waals surface area contributed by atoms with Crippen LogP contribution in [0.25, 0.3) is 0 Å². The Kier molecular flexibility index (Phi) is 7.15. The molecule has 2 aliphatic heterocycles. The van der Waals surface area contributed by atoms with E-state index in [0.717, 1.165) is 33.3 Å². The van der Waals surface area contributed by atoms with Crippen molar-refractivity contribution in [2.45, 2.75) is 13.8 Å². The lowest BCUT2D eigenvalue weighted by Gasteiger charge is -2.13. The molecule has 2 heterocycles. The summed E-state index contributed by atoms with van der Waals surface area (Å²) in [7, 11) is 0. The van der Waals surface area contributed by atoms with Gasteiger partial charge in [0.15, 0.2) is 0 Å². The van der Waals surface area contributed by atoms with Gasteiger partial charge in [0.25, 0.3) is 11.8 Å². The normalized spacial score (nSPS) is 20.2. The van der Waals surface area contributed by atoms with Gasteiger partial charge < -0.3 is 9.47 Å². The fourth-order valence-corrected chi connectivity index (χ4v) is 4.68. The van der Waals surface area contributed by atoms with E-state index in [9.17, 15) is 19.2 Å². The van der Waals surface area contributed by atoms with Crippen LogP contribution >= 0.6 is 48.0 Å². The quantitative estimate of drug-likeness (QED) is 0.343. The number of nitrogens with zero attached hydrogens (tertiary/aromatic N) is 2. The maximum atomic E-state index is 12.6. The van der Waals surface area contributed by atoms with Crippen molar-refractivity contribution in [3.8, 4) is 0 Å². The molecule has 0 aliphatic carbocycles. The fourth-order valence-electron chi connectivity index (χ4n) is 2.01. The Balaban J connectivity index is 2.19. The summed E-state index contributed by atoms with van der Waals surface area (Å²) in [5, 5.41) is 0. The minimum atomic E-state index is -0.597. The highest BCUT2D eigenvalue weighted by Crippen LogP contribution is 2.41. The molecule has 12 heteroatoms. The monoisotopic (exact) mass is 434 g/mol. The van der Waals surface area contributed by atoms with Gasteiger partial charge in [-0.2, -0.15) is 0 Å². The second kappa shape index (κ2) is 8.93. The van der Waals surface area contributed by atoms with Crippen molar-refractivity contribution in [2.24, 2.45) is 0 Å². The van der Waals surface area contributed by atoms with E-state index in [-0.39, 0.29) is 44.8 Å². The number of rotatable bonds is 6. The molecular weight excluding hydrogens is 420 g/mol. The number of carbonyl (C=O) groups is 4. The first-order chi connectivity index (χ1) is 12.3. The molecule has 0 aromatic heterocycles. The number of hydrogen-bond donors (Lipinski definition) is 0. The molecule has 2 saturated heterocycles. The van der Waals surface area contributed by atoms with E-state index in [1.54, 1.807) is 13.8 Å². The number of thiocarbonyl (C=S) groups is 2. The third kappa shape index (κ3) is 4.42. The molecule has 0 radical (unpaired) electrons. The van der Waals surface area contributed by atoms with E-state index in [1.807, 2.05) is 0 Å². The predicted octanol–water partition coefficient (Wildman–Crippen LogP) is 1.04. The molecule has 0 atom stereocenters. The zero-order chi connectivity index (χ0) is 19.4. The van der Waals surface area contributed by atoms with Crippen molar-refractivity contribution in [1.82, 2.24) is 9.80 Å². The zero-order valence-corrected chi connectivity index (χ0v) is 17.1. The van der Waals surface area contributed by atoms with Gasteiger partial charge in [0.2, 0.25) is 0 Å². The van der Waals surface area contributed by atoms with Gasteiger partial charge in [-0.25, -0.2) is 0 Å². The van der Waals surface area contributed by atoms with Crippen LogP contribution in [0.1, 0.15) is 13.8 Å². The third-order valence-electron chi connectivity index (χ3n) is 3.09. The molecule has 0 unspecified atom stereocenters. The SMILES string of the molecule is CCOC(=O)CN1C(=O)/C(=C2\SC(=S)N(CC(=O)OCC)C2=O)SC1=S. The zero-order valence-electron chi connectivity index (χ0n) is 13.8. The summed E-state index contributed by atoms with van der Waals surface area (Å²) in [4.78, 5) is 50.7. The molecule has 2 amide bonds. The van der Waals surface area contributed by atoms with Crippen molar-refractivity contribution in [3.05, 3.63) is 9.81 Å². The maximum Gasteiger partial charge on any atom is 0.326 e. The van der Waals surface area contributed by atoms with Gasteiger partial charge in [-0.15, -0.1) is 0 Å². The summed E-state index contributed by atoms with van der Waals surface area (Å²) >= 11 is 12.1. The lowest BCUT2D eigenvalue weighted by atomic mass is 10.3. The van der Waals surface area contributed by atoms with Crippen LogP contribution < -0.4 is 0 Å². The van der Waals surface area contributed by atoms with Crippen molar-refractivity contribution in [3.63, 3.8) is 0 Å². The molecular formula is C14H14N2O6S4. The Bertz CT molecular complexity index is 675. The molecule has 0 aromatic rings. The van der Waals surface area contributed by atoms with Crippen LogP contribution in [0.2, 0.25) is 0 Å². The molecule has 0 N–H and O–H groups in total. The van der Waals surface area contributed by atoms with Crippen molar-refractivity contribution >= 4 is 80.4 Å². The largest absolute Gasteiger partial charge is 0.465 e. The summed E-state index contributed by atoms with van der Waals surface area (Å²) < 4.78 is 9.92. The molecule has 0 bridgehead atoms. The topological polar surface area (TPSA) is 93.2 Å². The van der Waals surface area contributed by atoms with E-state index >= 15 is 0 Å². The lowest BCUT2D eigenvalue weighted by Crippen LogP contribution is -2.35. The summed E-state index contributed by atoms with van der Waals surface area (Å²) in [6.45, 7) is 3.00. The van der Waals surface area contributed by atoms with Gasteiger partial charge >= 0.3 is 11.9 Å². The Morgan fingerprint density at radius 3 is 1.50 bits per heavy atom. The first-order valence-corrected chi connectivity index (χ1v) is 9.87. The standard InChI is InChI=1S/C14H14N2O6S4/c1-3-21-7(17)5-15-11(19)9(25-13(15)23)10-12(20)16(14(24)26-10)6-8(18)22-4-2/h3-6H2,1-2H3/b10-9+. The van der Waals surface area contributed by atoms with Gasteiger partial charge in [-0.1, -0.05) is 48.0 Å². The smallest absolute Gasteiger partial charge is 0.326 e. The summed E-state index contributed by atoms with van der Waals surface area (Å²) in [6, 6.07) is 0. The van der Waals surface area contributed by atoms with Gasteiger partial charge in [-0.3, -0.25) is 29.0 Å². The van der Waals surface area contributed by atoms with Gasteiger partial charge in [-0.05, 0) is 13.8 Å². The third-order valence-corrected chi connectivity index (χ3v) is 6.12. The predicted molar refractivity (Wildman–Crippen MR) is 104 cm³/mol. The van der Waals surface area contributed by atoms with Crippen LogP contribution in [0, 0.1) is 0 Å². The Hall–Kier alpha value is -1.50. The highest BCUT2D eigenvalue weighted by Gasteiger charge is 2.43. The highest BCUT2D eigenvalue weighted by molar-refractivity contribution is 8.29. The molecule has 2 fully saturated rings. The summed E-state index contributed by atoms with van der Waals surface area (Å²) in [5.41, 5.74) is 0. The fraction of sp³-hybridized carbons (Fsp3) is 0.429. The van der Waals surface area contributed by atoms with E-state index in [0.29, 0.717) is 0 Å². The molecule has 2 rings (SSSR count). The molecule has 0 spiro atoms. The number of thioether (sulfide) groups is 2. The van der Waals surface area contributed by atoms with E-state index in [1.165, 1.54) is 0 Å². The van der Waals surface area contributed by atoms with Crippen molar-refractivity contribution in [2.75, 3.05) is 26.3 Å².